The maximum atomic E-state index is 6.54. The SMILES string of the molecule is c1ccc(-c2cc(N(c3ccc4oc5ccncc5c4c3)c3cccc4c3oc3cnccc34)c3ccccc3c2)cc1. The van der Waals surface area contributed by atoms with E-state index in [-0.39, 0.29) is 0 Å². The van der Waals surface area contributed by atoms with Gasteiger partial charge in [0.25, 0.3) is 0 Å². The van der Waals surface area contributed by atoms with E-state index in [4.69, 9.17) is 8.83 Å². The monoisotopic (exact) mass is 553 g/mol. The third-order valence-electron chi connectivity index (χ3n) is 8.22. The summed E-state index contributed by atoms with van der Waals surface area (Å²) >= 11 is 0. The first-order valence-corrected chi connectivity index (χ1v) is 14.2. The number of anilines is 3. The molecule has 9 rings (SSSR count). The normalized spacial score (nSPS) is 11.7. The first-order chi connectivity index (χ1) is 21.3. The van der Waals surface area contributed by atoms with Crippen LogP contribution in [0, 0.1) is 0 Å². The molecule has 0 aliphatic heterocycles. The van der Waals surface area contributed by atoms with Crippen LogP contribution in [0.1, 0.15) is 0 Å². The highest BCUT2D eigenvalue weighted by molar-refractivity contribution is 6.13. The van der Waals surface area contributed by atoms with Crippen molar-refractivity contribution < 1.29 is 8.83 Å². The van der Waals surface area contributed by atoms with Gasteiger partial charge in [0, 0.05) is 51.2 Å². The van der Waals surface area contributed by atoms with Gasteiger partial charge in [-0.15, -0.1) is 0 Å². The fraction of sp³-hybridized carbons (Fsp3) is 0. The molecule has 0 amide bonds. The second kappa shape index (κ2) is 9.29. The number of rotatable bonds is 4. The van der Waals surface area contributed by atoms with Gasteiger partial charge in [0.2, 0.25) is 0 Å². The van der Waals surface area contributed by atoms with Crippen LogP contribution < -0.4 is 4.90 Å². The summed E-state index contributed by atoms with van der Waals surface area (Å²) in [6.45, 7) is 0. The van der Waals surface area contributed by atoms with Gasteiger partial charge in [0.05, 0.1) is 17.6 Å². The standard InChI is InChI=1S/C38H23N3O2/c1-2-7-24(8-3-1)26-19-25-9-4-5-10-28(25)34(20-26)41(27-13-14-35-31(21-27)32-22-39-18-16-36(32)42-35)33-12-6-11-30-29-15-17-40-23-37(29)43-38(30)33/h1-23H. The van der Waals surface area contributed by atoms with Crippen molar-refractivity contribution in [3.05, 3.63) is 140 Å². The van der Waals surface area contributed by atoms with Crippen LogP contribution in [0.25, 0.3) is 65.8 Å². The van der Waals surface area contributed by atoms with Gasteiger partial charge in [0.15, 0.2) is 11.2 Å². The molecular formula is C38H23N3O2. The molecule has 0 saturated heterocycles. The van der Waals surface area contributed by atoms with E-state index in [2.05, 4.69) is 106 Å². The van der Waals surface area contributed by atoms with Crippen molar-refractivity contribution in [1.29, 1.82) is 0 Å². The largest absolute Gasteiger partial charge is 0.456 e. The zero-order valence-corrected chi connectivity index (χ0v) is 22.9. The van der Waals surface area contributed by atoms with E-state index in [0.29, 0.717) is 0 Å². The van der Waals surface area contributed by atoms with Crippen molar-refractivity contribution in [3.63, 3.8) is 0 Å². The van der Waals surface area contributed by atoms with E-state index in [9.17, 15) is 0 Å². The van der Waals surface area contributed by atoms with Crippen molar-refractivity contribution in [2.24, 2.45) is 0 Å². The zero-order chi connectivity index (χ0) is 28.3. The van der Waals surface area contributed by atoms with E-state index in [1.165, 1.54) is 0 Å². The number of hydrogen-bond acceptors (Lipinski definition) is 5. The van der Waals surface area contributed by atoms with Crippen molar-refractivity contribution in [1.82, 2.24) is 9.97 Å². The summed E-state index contributed by atoms with van der Waals surface area (Å²) in [5, 5.41) is 6.37. The Morgan fingerprint density at radius 1 is 0.465 bits per heavy atom. The molecule has 0 aliphatic rings. The predicted molar refractivity (Wildman–Crippen MR) is 174 cm³/mol. The molecule has 4 heterocycles. The molecule has 0 atom stereocenters. The van der Waals surface area contributed by atoms with E-state index < -0.39 is 0 Å². The van der Waals surface area contributed by atoms with Crippen LogP contribution in [0.2, 0.25) is 0 Å². The summed E-state index contributed by atoms with van der Waals surface area (Å²) in [6, 6.07) is 40.2. The van der Waals surface area contributed by atoms with E-state index in [1.54, 1.807) is 12.4 Å². The summed E-state index contributed by atoms with van der Waals surface area (Å²) in [4.78, 5) is 11.0. The molecule has 0 aliphatic carbocycles. The summed E-state index contributed by atoms with van der Waals surface area (Å²) in [5.41, 5.74) is 8.47. The van der Waals surface area contributed by atoms with Crippen LogP contribution in [0.15, 0.2) is 149 Å². The van der Waals surface area contributed by atoms with Gasteiger partial charge >= 0.3 is 0 Å². The Balaban J connectivity index is 1.39. The fourth-order valence-electron chi connectivity index (χ4n) is 6.24. The Hall–Kier alpha value is -5.94. The highest BCUT2D eigenvalue weighted by atomic mass is 16.3. The molecule has 0 radical (unpaired) electrons. The minimum Gasteiger partial charge on any atom is -0.456 e. The second-order valence-electron chi connectivity index (χ2n) is 10.7. The summed E-state index contributed by atoms with van der Waals surface area (Å²) < 4.78 is 12.7. The second-order valence-corrected chi connectivity index (χ2v) is 10.7. The number of hydrogen-bond donors (Lipinski definition) is 0. The van der Waals surface area contributed by atoms with Gasteiger partial charge in [-0.05, 0) is 65.0 Å². The number of benzene rings is 5. The highest BCUT2D eigenvalue weighted by Gasteiger charge is 2.23. The third-order valence-corrected chi connectivity index (χ3v) is 8.22. The summed E-state index contributed by atoms with van der Waals surface area (Å²) in [5.74, 6) is 0. The third kappa shape index (κ3) is 3.72. The van der Waals surface area contributed by atoms with Crippen molar-refractivity contribution in [2.75, 3.05) is 4.90 Å². The molecule has 9 aromatic rings. The molecule has 0 saturated carbocycles. The van der Waals surface area contributed by atoms with Gasteiger partial charge in [-0.2, -0.15) is 0 Å². The Labute approximate surface area is 246 Å². The van der Waals surface area contributed by atoms with Crippen LogP contribution in [-0.4, -0.2) is 9.97 Å². The van der Waals surface area contributed by atoms with Gasteiger partial charge in [-0.25, -0.2) is 0 Å². The lowest BCUT2D eigenvalue weighted by atomic mass is 9.98. The van der Waals surface area contributed by atoms with Gasteiger partial charge in [0.1, 0.15) is 11.2 Å². The highest BCUT2D eigenvalue weighted by Crippen LogP contribution is 2.46. The number of aromatic nitrogens is 2. The Kier molecular flexibility index (Phi) is 5.13. The van der Waals surface area contributed by atoms with Crippen LogP contribution >= 0.6 is 0 Å². The van der Waals surface area contributed by atoms with E-state index in [1.807, 2.05) is 36.7 Å². The minimum absolute atomic E-state index is 0.759. The van der Waals surface area contributed by atoms with Crippen molar-refractivity contribution >= 4 is 71.7 Å². The number of fused-ring (bicyclic) bond motifs is 7. The zero-order valence-electron chi connectivity index (χ0n) is 22.9. The van der Waals surface area contributed by atoms with Gasteiger partial charge in [-0.1, -0.05) is 66.7 Å². The van der Waals surface area contributed by atoms with E-state index >= 15 is 0 Å². The molecule has 0 N–H and O–H groups in total. The van der Waals surface area contributed by atoms with Crippen LogP contribution in [0.4, 0.5) is 17.1 Å². The molecule has 5 heteroatoms. The lowest BCUT2D eigenvalue weighted by Gasteiger charge is -2.27. The molecule has 202 valence electrons. The Morgan fingerprint density at radius 2 is 1.28 bits per heavy atom. The molecule has 4 aromatic heterocycles. The van der Waals surface area contributed by atoms with Crippen LogP contribution in [0.3, 0.4) is 0 Å². The Bertz CT molecular complexity index is 2480. The topological polar surface area (TPSA) is 55.3 Å². The molecule has 0 unspecified atom stereocenters. The smallest absolute Gasteiger partial charge is 0.159 e. The number of furan rings is 2. The molecule has 43 heavy (non-hydrogen) atoms. The average molecular weight is 554 g/mol. The minimum atomic E-state index is 0.759. The van der Waals surface area contributed by atoms with Crippen molar-refractivity contribution in [3.8, 4) is 11.1 Å². The fourth-order valence-corrected chi connectivity index (χ4v) is 6.24. The first kappa shape index (κ1) is 23.7. The van der Waals surface area contributed by atoms with Crippen LogP contribution in [-0.2, 0) is 0 Å². The lowest BCUT2D eigenvalue weighted by Crippen LogP contribution is -2.11. The molecule has 5 nitrogen and oxygen atoms in total. The first-order valence-electron chi connectivity index (χ1n) is 14.2. The van der Waals surface area contributed by atoms with Crippen molar-refractivity contribution in [2.45, 2.75) is 0 Å². The Morgan fingerprint density at radius 3 is 2.23 bits per heavy atom. The van der Waals surface area contributed by atoms with Gasteiger partial charge in [-0.3, -0.25) is 9.97 Å². The van der Waals surface area contributed by atoms with E-state index in [0.717, 1.165) is 82.8 Å². The number of para-hydroxylation sites is 1. The molecule has 5 aromatic carbocycles. The predicted octanol–water partition coefficient (Wildman–Crippen LogP) is 10.6. The average Bonchev–Trinajstić information content (AvgIpc) is 3.64. The molecule has 0 spiro atoms. The molecule has 0 fully saturated rings. The molecular weight excluding hydrogens is 530 g/mol. The summed E-state index contributed by atoms with van der Waals surface area (Å²) in [7, 11) is 0. The lowest BCUT2D eigenvalue weighted by molar-refractivity contribution is 0.667. The quantitative estimate of drug-likeness (QED) is 0.217. The number of nitrogens with zero attached hydrogens (tertiary/aromatic N) is 3. The van der Waals surface area contributed by atoms with Crippen LogP contribution in [0.5, 0.6) is 0 Å². The number of pyridine rings is 2. The molecule has 0 bridgehead atoms. The summed E-state index contributed by atoms with van der Waals surface area (Å²) in [6.07, 6.45) is 7.22. The van der Waals surface area contributed by atoms with Gasteiger partial charge < -0.3 is 13.7 Å². The maximum Gasteiger partial charge on any atom is 0.159 e. The maximum absolute atomic E-state index is 6.54.